The number of anilines is 1. The van der Waals surface area contributed by atoms with E-state index >= 15 is 0 Å². The van der Waals surface area contributed by atoms with Crippen LogP contribution >= 0.6 is 11.6 Å². The summed E-state index contributed by atoms with van der Waals surface area (Å²) in [6.45, 7) is 0.403. The minimum Gasteiger partial charge on any atom is -0.373 e. The fourth-order valence-electron chi connectivity index (χ4n) is 3.50. The zero-order valence-electron chi connectivity index (χ0n) is 14.5. The molecule has 0 saturated heterocycles. The van der Waals surface area contributed by atoms with Gasteiger partial charge >= 0.3 is 0 Å². The molecule has 0 aromatic heterocycles. The summed E-state index contributed by atoms with van der Waals surface area (Å²) in [5.74, 6) is -0.684. The Balaban J connectivity index is 1.59. The average Bonchev–Trinajstić information content (AvgIpc) is 3.06. The third-order valence-electron chi connectivity index (χ3n) is 4.81. The molecular weight excluding hydrogens is 363 g/mol. The van der Waals surface area contributed by atoms with Crippen molar-refractivity contribution >= 4 is 23.2 Å². The predicted molar refractivity (Wildman–Crippen MR) is 105 cm³/mol. The Bertz CT molecular complexity index is 960. The zero-order chi connectivity index (χ0) is 18.8. The van der Waals surface area contributed by atoms with Crippen LogP contribution in [0, 0.1) is 5.82 Å². The van der Waals surface area contributed by atoms with Crippen molar-refractivity contribution in [2.75, 3.05) is 5.32 Å². The molecule has 0 aliphatic carbocycles. The summed E-state index contributed by atoms with van der Waals surface area (Å²) >= 11 is 5.90. The number of nitrogens with one attached hydrogen (secondary N) is 2. The molecule has 1 aliphatic rings. The fourth-order valence-corrected chi connectivity index (χ4v) is 3.63. The largest absolute Gasteiger partial charge is 0.373 e. The molecule has 0 saturated carbocycles. The maximum Gasteiger partial charge on any atom is 0.243 e. The van der Waals surface area contributed by atoms with Gasteiger partial charge in [0.2, 0.25) is 5.91 Å². The highest BCUT2D eigenvalue weighted by Gasteiger charge is 2.38. The lowest BCUT2D eigenvalue weighted by Gasteiger charge is -2.20. The van der Waals surface area contributed by atoms with Crippen LogP contribution in [0.5, 0.6) is 0 Å². The predicted octanol–water partition coefficient (Wildman–Crippen LogP) is 4.72. The Morgan fingerprint density at radius 2 is 1.78 bits per heavy atom. The van der Waals surface area contributed by atoms with E-state index in [9.17, 15) is 9.18 Å². The molecule has 2 atom stereocenters. The fraction of sp³-hybridized carbons (Fsp3) is 0.136. The molecule has 5 heteroatoms. The first-order valence-electron chi connectivity index (χ1n) is 8.75. The lowest BCUT2D eigenvalue weighted by atomic mass is 9.87. The smallest absolute Gasteiger partial charge is 0.243 e. The number of benzene rings is 3. The van der Waals surface area contributed by atoms with E-state index in [0.717, 1.165) is 22.4 Å². The van der Waals surface area contributed by atoms with Crippen molar-refractivity contribution in [2.24, 2.45) is 0 Å². The molecular formula is C22H18ClFN2O. The standard InChI is InChI=1S/C22H18ClFN2O/c23-16-8-6-14(7-9-16)13-25-22(27)21-20(15-4-2-1-3-5-15)18-12-17(24)10-11-19(18)26-21/h1-12,20-21,26H,13H2,(H,25,27). The quantitative estimate of drug-likeness (QED) is 0.687. The van der Waals surface area contributed by atoms with Crippen molar-refractivity contribution in [2.45, 2.75) is 18.5 Å². The summed E-state index contributed by atoms with van der Waals surface area (Å²) in [4.78, 5) is 12.9. The molecule has 0 radical (unpaired) electrons. The van der Waals surface area contributed by atoms with Gasteiger partial charge in [-0.15, -0.1) is 0 Å². The summed E-state index contributed by atoms with van der Waals surface area (Å²) in [5.41, 5.74) is 3.52. The van der Waals surface area contributed by atoms with E-state index in [1.807, 2.05) is 42.5 Å². The number of carbonyl (C=O) groups excluding carboxylic acids is 1. The van der Waals surface area contributed by atoms with Crippen LogP contribution < -0.4 is 10.6 Å². The molecule has 0 spiro atoms. The topological polar surface area (TPSA) is 41.1 Å². The van der Waals surface area contributed by atoms with Gasteiger partial charge in [-0.3, -0.25) is 4.79 Å². The highest BCUT2D eigenvalue weighted by molar-refractivity contribution is 6.30. The molecule has 0 bridgehead atoms. The van der Waals surface area contributed by atoms with Crippen LogP contribution in [0.25, 0.3) is 0 Å². The Morgan fingerprint density at radius 1 is 1.04 bits per heavy atom. The third kappa shape index (κ3) is 3.67. The molecule has 2 unspecified atom stereocenters. The minimum absolute atomic E-state index is 0.129. The number of fused-ring (bicyclic) bond motifs is 1. The van der Waals surface area contributed by atoms with Gasteiger partial charge in [-0.1, -0.05) is 54.1 Å². The van der Waals surface area contributed by atoms with Crippen molar-refractivity contribution < 1.29 is 9.18 Å². The average molecular weight is 381 g/mol. The molecule has 0 fully saturated rings. The van der Waals surface area contributed by atoms with Crippen molar-refractivity contribution in [1.82, 2.24) is 5.32 Å². The molecule has 136 valence electrons. The maximum atomic E-state index is 13.8. The first-order chi connectivity index (χ1) is 13.1. The van der Waals surface area contributed by atoms with Gasteiger partial charge in [0.05, 0.1) is 0 Å². The highest BCUT2D eigenvalue weighted by atomic mass is 35.5. The van der Waals surface area contributed by atoms with Gasteiger partial charge in [-0.05, 0) is 47.0 Å². The summed E-state index contributed by atoms with van der Waals surface area (Å²) in [7, 11) is 0. The van der Waals surface area contributed by atoms with Crippen LogP contribution in [0.1, 0.15) is 22.6 Å². The van der Waals surface area contributed by atoms with Crippen LogP contribution in [0.4, 0.5) is 10.1 Å². The first kappa shape index (κ1) is 17.6. The number of rotatable bonds is 4. The third-order valence-corrected chi connectivity index (χ3v) is 5.07. The summed E-state index contributed by atoms with van der Waals surface area (Å²) < 4.78 is 13.8. The van der Waals surface area contributed by atoms with Gasteiger partial charge in [-0.2, -0.15) is 0 Å². The molecule has 3 aromatic rings. The second-order valence-corrected chi connectivity index (χ2v) is 7.02. The number of amides is 1. The van der Waals surface area contributed by atoms with Crippen LogP contribution in [0.3, 0.4) is 0 Å². The molecule has 3 aromatic carbocycles. The second kappa shape index (κ2) is 7.41. The highest BCUT2D eigenvalue weighted by Crippen LogP contribution is 2.40. The van der Waals surface area contributed by atoms with Crippen molar-refractivity contribution in [1.29, 1.82) is 0 Å². The van der Waals surface area contributed by atoms with Gasteiger partial charge in [0.1, 0.15) is 11.9 Å². The van der Waals surface area contributed by atoms with E-state index in [4.69, 9.17) is 11.6 Å². The van der Waals surface area contributed by atoms with Crippen LogP contribution in [-0.2, 0) is 11.3 Å². The van der Waals surface area contributed by atoms with Crippen LogP contribution in [0.2, 0.25) is 5.02 Å². The van der Waals surface area contributed by atoms with E-state index in [2.05, 4.69) is 10.6 Å². The van der Waals surface area contributed by atoms with Crippen molar-refractivity contribution in [3.05, 3.63) is 100 Å². The molecule has 3 nitrogen and oxygen atoms in total. The normalized spacial score (nSPS) is 17.9. The zero-order valence-corrected chi connectivity index (χ0v) is 15.2. The molecule has 2 N–H and O–H groups in total. The number of halogens is 2. The van der Waals surface area contributed by atoms with Crippen molar-refractivity contribution in [3.8, 4) is 0 Å². The molecule has 1 amide bonds. The van der Waals surface area contributed by atoms with Gasteiger partial charge in [0.15, 0.2) is 0 Å². The Kier molecular flexibility index (Phi) is 4.82. The number of hydrogen-bond acceptors (Lipinski definition) is 2. The van der Waals surface area contributed by atoms with E-state index in [-0.39, 0.29) is 17.6 Å². The monoisotopic (exact) mass is 380 g/mol. The van der Waals surface area contributed by atoms with E-state index in [1.165, 1.54) is 12.1 Å². The number of carbonyl (C=O) groups is 1. The van der Waals surface area contributed by atoms with Gasteiger partial charge in [0.25, 0.3) is 0 Å². The molecule has 27 heavy (non-hydrogen) atoms. The molecule has 1 heterocycles. The SMILES string of the molecule is O=C(NCc1ccc(Cl)cc1)C1Nc2ccc(F)cc2C1c1ccccc1. The summed E-state index contributed by atoms with van der Waals surface area (Å²) in [5, 5.41) is 6.88. The van der Waals surface area contributed by atoms with Gasteiger partial charge < -0.3 is 10.6 Å². The van der Waals surface area contributed by atoms with Crippen LogP contribution in [-0.4, -0.2) is 11.9 Å². The van der Waals surface area contributed by atoms with E-state index in [0.29, 0.717) is 11.6 Å². The molecule has 1 aliphatic heterocycles. The van der Waals surface area contributed by atoms with Crippen LogP contribution in [0.15, 0.2) is 72.8 Å². The Labute approximate surface area is 162 Å². The van der Waals surface area contributed by atoms with E-state index in [1.54, 1.807) is 18.2 Å². The minimum atomic E-state index is -0.503. The molecule has 4 rings (SSSR count). The first-order valence-corrected chi connectivity index (χ1v) is 9.13. The summed E-state index contributed by atoms with van der Waals surface area (Å²) in [6.07, 6.45) is 0. The lowest BCUT2D eigenvalue weighted by Crippen LogP contribution is -2.40. The number of hydrogen-bond donors (Lipinski definition) is 2. The van der Waals surface area contributed by atoms with Gasteiger partial charge in [0, 0.05) is 23.2 Å². The second-order valence-electron chi connectivity index (χ2n) is 6.59. The summed E-state index contributed by atoms with van der Waals surface area (Å²) in [6, 6.07) is 21.1. The lowest BCUT2D eigenvalue weighted by molar-refractivity contribution is -0.122. The Hall–Kier alpha value is -2.85. The van der Waals surface area contributed by atoms with E-state index < -0.39 is 6.04 Å². The van der Waals surface area contributed by atoms with Gasteiger partial charge in [-0.25, -0.2) is 4.39 Å². The van der Waals surface area contributed by atoms with Crippen molar-refractivity contribution in [3.63, 3.8) is 0 Å². The maximum absolute atomic E-state index is 13.8. The Morgan fingerprint density at radius 3 is 2.52 bits per heavy atom.